The van der Waals surface area contributed by atoms with Crippen molar-refractivity contribution in [3.8, 4) is 0 Å². The summed E-state index contributed by atoms with van der Waals surface area (Å²) in [6.07, 6.45) is 91.6. The molecule has 0 bridgehead atoms. The number of carbonyl (C=O) groups is 3. The molecule has 0 aromatic carbocycles. The summed E-state index contributed by atoms with van der Waals surface area (Å²) in [4.78, 5) is 38.4. The molecule has 0 saturated carbocycles. The molecule has 0 spiro atoms. The number of rotatable bonds is 69. The fourth-order valence-electron chi connectivity index (χ4n) is 11.2. The van der Waals surface area contributed by atoms with E-state index in [2.05, 4.69) is 69.4 Å². The lowest BCUT2D eigenvalue weighted by Gasteiger charge is -2.18. The Kier molecular flexibility index (Phi) is 69.6. The second kappa shape index (κ2) is 71.8. The number of carbonyl (C=O) groups excluding carboxylic acids is 3. The molecule has 0 saturated heterocycles. The van der Waals surface area contributed by atoms with Gasteiger partial charge in [-0.1, -0.05) is 339 Å². The molecule has 0 aliphatic carbocycles. The Morgan fingerprint density at radius 1 is 0.241 bits per heavy atom. The molecular formula is C77H142O6. The average molecular weight is 1160 g/mol. The predicted molar refractivity (Wildman–Crippen MR) is 362 cm³/mol. The van der Waals surface area contributed by atoms with E-state index in [-0.39, 0.29) is 31.1 Å². The van der Waals surface area contributed by atoms with Crippen LogP contribution in [0, 0.1) is 0 Å². The standard InChI is InChI=1S/C77H142O6/c1-4-7-10-13-16-19-22-25-28-30-32-33-34-35-36-37-38-39-40-41-42-43-44-45-46-48-49-52-55-58-61-64-67-70-76(79)82-73-74(72-81-75(78)69-66-63-60-57-54-51-27-24-21-18-15-12-9-6-3)83-77(80)71-68-65-62-59-56-53-50-47-31-29-26-23-20-17-14-11-8-5-2/h15,18,24,27,29-32,74H,4-14,16-17,19-23,25-26,28,33-73H2,1-3H3/b18-15-,27-24-,31-29-,32-30-. The van der Waals surface area contributed by atoms with Crippen molar-refractivity contribution in [1.82, 2.24) is 0 Å². The molecule has 0 amide bonds. The number of allylic oxidation sites excluding steroid dienone is 8. The van der Waals surface area contributed by atoms with Crippen molar-refractivity contribution in [2.75, 3.05) is 13.2 Å². The van der Waals surface area contributed by atoms with Crippen molar-refractivity contribution in [3.05, 3.63) is 48.6 Å². The fourth-order valence-corrected chi connectivity index (χ4v) is 11.2. The van der Waals surface area contributed by atoms with Crippen LogP contribution < -0.4 is 0 Å². The Labute approximate surface area is 518 Å². The first-order chi connectivity index (χ1) is 41.0. The van der Waals surface area contributed by atoms with Gasteiger partial charge in [0.05, 0.1) is 0 Å². The number of unbranched alkanes of at least 4 members (excludes halogenated alkanes) is 50. The highest BCUT2D eigenvalue weighted by atomic mass is 16.6. The Balaban J connectivity index is 4.14. The summed E-state index contributed by atoms with van der Waals surface area (Å²) in [5.41, 5.74) is 0. The first-order valence-corrected chi connectivity index (χ1v) is 37.1. The number of hydrogen-bond donors (Lipinski definition) is 0. The zero-order valence-corrected chi connectivity index (χ0v) is 56.0. The second-order valence-corrected chi connectivity index (χ2v) is 25.2. The lowest BCUT2D eigenvalue weighted by Crippen LogP contribution is -2.30. The summed E-state index contributed by atoms with van der Waals surface area (Å²) < 4.78 is 17.0. The smallest absolute Gasteiger partial charge is 0.306 e. The van der Waals surface area contributed by atoms with Gasteiger partial charge in [-0.2, -0.15) is 0 Å². The minimum Gasteiger partial charge on any atom is -0.462 e. The predicted octanol–water partition coefficient (Wildman–Crippen LogP) is 25.7. The molecule has 83 heavy (non-hydrogen) atoms. The Morgan fingerprint density at radius 3 is 0.711 bits per heavy atom. The summed E-state index contributed by atoms with van der Waals surface area (Å²) in [7, 11) is 0. The van der Waals surface area contributed by atoms with Crippen LogP contribution in [0.4, 0.5) is 0 Å². The molecule has 0 aliphatic heterocycles. The number of hydrogen-bond acceptors (Lipinski definition) is 6. The van der Waals surface area contributed by atoms with E-state index in [1.54, 1.807) is 0 Å². The van der Waals surface area contributed by atoms with Crippen LogP contribution in [0.1, 0.15) is 406 Å². The molecule has 1 atom stereocenters. The maximum absolute atomic E-state index is 12.9. The highest BCUT2D eigenvalue weighted by molar-refractivity contribution is 5.71. The molecular weight excluding hydrogens is 1020 g/mol. The highest BCUT2D eigenvalue weighted by Gasteiger charge is 2.19. The summed E-state index contributed by atoms with van der Waals surface area (Å²) >= 11 is 0. The van der Waals surface area contributed by atoms with Gasteiger partial charge in [-0.15, -0.1) is 0 Å². The molecule has 486 valence electrons. The fraction of sp³-hybridized carbons (Fsp3) is 0.857. The van der Waals surface area contributed by atoms with E-state index in [0.29, 0.717) is 19.3 Å². The van der Waals surface area contributed by atoms with Crippen LogP contribution in [0.3, 0.4) is 0 Å². The molecule has 0 aromatic heterocycles. The lowest BCUT2D eigenvalue weighted by atomic mass is 10.0. The van der Waals surface area contributed by atoms with E-state index in [1.807, 2.05) is 0 Å². The molecule has 0 rings (SSSR count). The van der Waals surface area contributed by atoms with Crippen LogP contribution in [-0.2, 0) is 28.6 Å². The normalized spacial score (nSPS) is 12.3. The van der Waals surface area contributed by atoms with Gasteiger partial charge in [0.15, 0.2) is 6.10 Å². The van der Waals surface area contributed by atoms with E-state index in [0.717, 1.165) is 77.0 Å². The van der Waals surface area contributed by atoms with Gasteiger partial charge < -0.3 is 14.2 Å². The van der Waals surface area contributed by atoms with Crippen LogP contribution in [0.5, 0.6) is 0 Å². The Morgan fingerprint density at radius 2 is 0.446 bits per heavy atom. The van der Waals surface area contributed by atoms with Crippen molar-refractivity contribution in [2.24, 2.45) is 0 Å². The molecule has 6 heteroatoms. The van der Waals surface area contributed by atoms with Crippen molar-refractivity contribution in [3.63, 3.8) is 0 Å². The molecule has 0 aromatic rings. The molecule has 0 radical (unpaired) electrons. The number of ether oxygens (including phenoxy) is 3. The first kappa shape index (κ1) is 80.4. The van der Waals surface area contributed by atoms with E-state index < -0.39 is 6.10 Å². The molecule has 6 nitrogen and oxygen atoms in total. The summed E-state index contributed by atoms with van der Waals surface area (Å²) in [5.74, 6) is -0.869. The lowest BCUT2D eigenvalue weighted by molar-refractivity contribution is -0.167. The zero-order chi connectivity index (χ0) is 59.9. The third-order valence-corrected chi connectivity index (χ3v) is 16.8. The maximum atomic E-state index is 12.9. The monoisotopic (exact) mass is 1160 g/mol. The molecule has 0 heterocycles. The number of esters is 3. The molecule has 0 fully saturated rings. The van der Waals surface area contributed by atoms with Gasteiger partial charge in [0.1, 0.15) is 13.2 Å². The van der Waals surface area contributed by atoms with Crippen LogP contribution in [-0.4, -0.2) is 37.2 Å². The van der Waals surface area contributed by atoms with Crippen LogP contribution in [0.2, 0.25) is 0 Å². The largest absolute Gasteiger partial charge is 0.462 e. The first-order valence-electron chi connectivity index (χ1n) is 37.1. The van der Waals surface area contributed by atoms with Gasteiger partial charge in [-0.25, -0.2) is 0 Å². The van der Waals surface area contributed by atoms with Crippen molar-refractivity contribution >= 4 is 17.9 Å². The summed E-state index contributed by atoms with van der Waals surface area (Å²) in [5, 5.41) is 0. The topological polar surface area (TPSA) is 78.9 Å². The summed E-state index contributed by atoms with van der Waals surface area (Å²) in [6.45, 7) is 6.65. The Hall–Kier alpha value is -2.63. The van der Waals surface area contributed by atoms with Crippen molar-refractivity contribution < 1.29 is 28.6 Å². The Bertz CT molecular complexity index is 1430. The minimum atomic E-state index is -0.781. The van der Waals surface area contributed by atoms with Crippen molar-refractivity contribution in [1.29, 1.82) is 0 Å². The molecule has 1 unspecified atom stereocenters. The minimum absolute atomic E-state index is 0.0753. The van der Waals surface area contributed by atoms with E-state index in [9.17, 15) is 14.4 Å². The van der Waals surface area contributed by atoms with Crippen molar-refractivity contribution in [2.45, 2.75) is 412 Å². The van der Waals surface area contributed by atoms with Gasteiger partial charge in [-0.3, -0.25) is 14.4 Å². The SMILES string of the molecule is CCCC/C=C\C/C=C\CCCCCCCC(=O)OCC(COC(=O)CCCCCCCCCCCCCCCCCCCCCCC/C=C\CCCCCCCCCC)OC(=O)CCCCCCCCC/C=C\CCCCCCCCC. The molecule has 0 N–H and O–H groups in total. The van der Waals surface area contributed by atoms with Gasteiger partial charge in [0, 0.05) is 19.3 Å². The van der Waals surface area contributed by atoms with Gasteiger partial charge in [0.2, 0.25) is 0 Å². The third-order valence-electron chi connectivity index (χ3n) is 16.8. The van der Waals surface area contributed by atoms with E-state index in [4.69, 9.17) is 14.2 Å². The zero-order valence-electron chi connectivity index (χ0n) is 56.0. The molecule has 0 aliphatic rings. The van der Waals surface area contributed by atoms with Gasteiger partial charge in [0.25, 0.3) is 0 Å². The van der Waals surface area contributed by atoms with Gasteiger partial charge in [-0.05, 0) is 96.3 Å². The second-order valence-electron chi connectivity index (χ2n) is 25.2. The van der Waals surface area contributed by atoms with Gasteiger partial charge >= 0.3 is 17.9 Å². The third kappa shape index (κ3) is 70.0. The van der Waals surface area contributed by atoms with Crippen LogP contribution >= 0.6 is 0 Å². The summed E-state index contributed by atoms with van der Waals surface area (Å²) in [6, 6.07) is 0. The average Bonchev–Trinajstić information content (AvgIpc) is 3.50. The van der Waals surface area contributed by atoms with E-state index >= 15 is 0 Å². The quantitative estimate of drug-likeness (QED) is 0.0261. The highest BCUT2D eigenvalue weighted by Crippen LogP contribution is 2.18. The van der Waals surface area contributed by atoms with Crippen LogP contribution in [0.25, 0.3) is 0 Å². The maximum Gasteiger partial charge on any atom is 0.306 e. The van der Waals surface area contributed by atoms with Crippen LogP contribution in [0.15, 0.2) is 48.6 Å². The van der Waals surface area contributed by atoms with E-state index in [1.165, 1.54) is 289 Å².